The van der Waals surface area contributed by atoms with E-state index in [2.05, 4.69) is 10.1 Å². The topological polar surface area (TPSA) is 42.7 Å². The van der Waals surface area contributed by atoms with Crippen LogP contribution in [0.4, 0.5) is 5.82 Å². The van der Waals surface area contributed by atoms with Crippen LogP contribution in [0.25, 0.3) is 16.8 Å². The predicted molar refractivity (Wildman–Crippen MR) is 109 cm³/mol. The number of aryl methyl sites for hydroxylation is 1. The molecule has 2 heterocycles. The Bertz CT molecular complexity index is 1000. The predicted octanol–water partition coefficient (Wildman–Crippen LogP) is 3.76. The summed E-state index contributed by atoms with van der Waals surface area (Å²) in [6, 6.07) is 5.52. The van der Waals surface area contributed by atoms with Gasteiger partial charge in [-0.05, 0) is 0 Å². The Morgan fingerprint density at radius 3 is 2.69 bits per heavy atom. The molecule has 0 atom stereocenters. The molecule has 0 spiro atoms. The van der Waals surface area contributed by atoms with Crippen molar-refractivity contribution in [3.8, 4) is 11.1 Å². The van der Waals surface area contributed by atoms with E-state index in [0.29, 0.717) is 33.5 Å². The molecule has 3 aromatic rings. The Hall–Kier alpha value is -2.05. The molecule has 0 fully saturated rings. The summed E-state index contributed by atoms with van der Waals surface area (Å²) in [5.74, 6) is 0.772. The van der Waals surface area contributed by atoms with Crippen LogP contribution < -0.4 is 4.90 Å². The van der Waals surface area contributed by atoms with Gasteiger partial charge in [0.1, 0.15) is 0 Å². The van der Waals surface area contributed by atoms with Crippen molar-refractivity contribution < 1.29 is 4.74 Å². The number of fused-ring (bicyclic) bond motifs is 1. The fraction of sp³-hybridized carbons (Fsp3) is 0.278. The summed E-state index contributed by atoms with van der Waals surface area (Å²) in [6.07, 6.45) is 1.69. The summed E-state index contributed by atoms with van der Waals surface area (Å²) < 4.78 is 7.23. The van der Waals surface area contributed by atoms with Crippen LogP contribution in [0, 0.1) is 6.92 Å². The summed E-state index contributed by atoms with van der Waals surface area (Å²) in [7, 11) is 9.92. The van der Waals surface area contributed by atoms with E-state index < -0.39 is 0 Å². The molecule has 0 saturated heterocycles. The Balaban J connectivity index is 2.32. The van der Waals surface area contributed by atoms with Gasteiger partial charge in [0.2, 0.25) is 0 Å². The van der Waals surface area contributed by atoms with Gasteiger partial charge in [0.15, 0.2) is 0 Å². The number of anilines is 1. The molecule has 1 radical (unpaired) electrons. The number of rotatable bonds is 5. The fourth-order valence-corrected chi connectivity index (χ4v) is 3.32. The van der Waals surface area contributed by atoms with Crippen molar-refractivity contribution >= 4 is 47.8 Å². The maximum atomic E-state index is 6.43. The first-order valence-corrected chi connectivity index (χ1v) is 8.88. The van der Waals surface area contributed by atoms with E-state index in [9.17, 15) is 0 Å². The molecular formula is C18H18BCl2N4O. The van der Waals surface area contributed by atoms with Gasteiger partial charge in [0, 0.05) is 0 Å². The molecule has 5 nitrogen and oxygen atoms in total. The first-order chi connectivity index (χ1) is 12.4. The molecular weight excluding hydrogens is 370 g/mol. The van der Waals surface area contributed by atoms with Crippen LogP contribution in [0.1, 0.15) is 18.2 Å². The Kier molecular flexibility index (Phi) is 5.25. The third kappa shape index (κ3) is 3.08. The quantitative estimate of drug-likeness (QED) is 0.625. The van der Waals surface area contributed by atoms with Gasteiger partial charge in [-0.3, -0.25) is 0 Å². The molecule has 0 aliphatic carbocycles. The third-order valence-corrected chi connectivity index (χ3v) is 4.82. The van der Waals surface area contributed by atoms with Gasteiger partial charge >= 0.3 is 163 Å². The molecule has 26 heavy (non-hydrogen) atoms. The third-order valence-electron chi connectivity index (χ3n) is 4.00. The van der Waals surface area contributed by atoms with Crippen molar-refractivity contribution in [2.24, 2.45) is 0 Å². The summed E-state index contributed by atoms with van der Waals surface area (Å²) in [5, 5.41) is 5.63. The van der Waals surface area contributed by atoms with Gasteiger partial charge in [-0.2, -0.15) is 0 Å². The fourth-order valence-electron chi connectivity index (χ4n) is 2.93. The SMILES string of the molecule is [B]=C(OCC)c1cnc2c(-c3cccc(Cl)c3Cl)c(C)nn2c1N(C)C. The minimum absolute atomic E-state index is 0.307. The van der Waals surface area contributed by atoms with Crippen molar-refractivity contribution in [1.29, 1.82) is 0 Å². The first kappa shape index (κ1) is 18.7. The average molecular weight is 388 g/mol. The van der Waals surface area contributed by atoms with Crippen LogP contribution in [0.5, 0.6) is 0 Å². The molecule has 0 amide bonds. The maximum absolute atomic E-state index is 6.43. The molecule has 133 valence electrons. The van der Waals surface area contributed by atoms with E-state index >= 15 is 0 Å². The second-order valence-electron chi connectivity index (χ2n) is 5.98. The van der Waals surface area contributed by atoms with E-state index in [-0.39, 0.29) is 0 Å². The molecule has 0 N–H and O–H groups in total. The molecule has 1 aromatic carbocycles. The van der Waals surface area contributed by atoms with E-state index in [1.165, 1.54) is 0 Å². The van der Waals surface area contributed by atoms with E-state index in [1.54, 1.807) is 16.8 Å². The van der Waals surface area contributed by atoms with Crippen LogP contribution in [-0.2, 0) is 4.74 Å². The van der Waals surface area contributed by atoms with Gasteiger partial charge < -0.3 is 0 Å². The molecule has 0 unspecified atom stereocenters. The number of hydrogen-bond donors (Lipinski definition) is 0. The molecule has 2 aromatic heterocycles. The number of benzene rings is 1. The van der Waals surface area contributed by atoms with Crippen LogP contribution in [-0.4, -0.2) is 48.4 Å². The Labute approximate surface area is 163 Å². The minimum atomic E-state index is 0.307. The van der Waals surface area contributed by atoms with E-state index in [0.717, 1.165) is 22.6 Å². The van der Waals surface area contributed by atoms with Gasteiger partial charge in [0.05, 0.1) is 0 Å². The van der Waals surface area contributed by atoms with Crippen molar-refractivity contribution in [2.75, 3.05) is 25.6 Å². The molecule has 8 heteroatoms. The van der Waals surface area contributed by atoms with Crippen LogP contribution in [0.2, 0.25) is 10.0 Å². The zero-order valence-corrected chi connectivity index (χ0v) is 16.6. The normalized spacial score (nSPS) is 11.0. The van der Waals surface area contributed by atoms with Crippen LogP contribution in [0.15, 0.2) is 24.4 Å². The van der Waals surface area contributed by atoms with Crippen LogP contribution in [0.3, 0.4) is 0 Å². The standard InChI is InChI=1S/C18H18BCl2N4O/c1-5-26-16(19)12-9-22-17-14(11-7-6-8-13(20)15(11)21)10(2)23-25(17)18(12)24(3)4/h6-9H,5H2,1-4H3. The van der Waals surface area contributed by atoms with Gasteiger partial charge in [0.25, 0.3) is 0 Å². The number of aromatic nitrogens is 3. The zero-order valence-electron chi connectivity index (χ0n) is 15.0. The summed E-state index contributed by atoms with van der Waals surface area (Å²) in [5.41, 5.74) is 4.07. The van der Waals surface area contributed by atoms with Gasteiger partial charge in [-0.1, -0.05) is 0 Å². The van der Waals surface area contributed by atoms with Gasteiger partial charge in [-0.25, -0.2) is 0 Å². The summed E-state index contributed by atoms with van der Waals surface area (Å²) in [6.45, 7) is 4.26. The Morgan fingerprint density at radius 2 is 2.04 bits per heavy atom. The monoisotopic (exact) mass is 387 g/mol. The second kappa shape index (κ2) is 7.29. The van der Waals surface area contributed by atoms with Crippen molar-refractivity contribution in [1.82, 2.24) is 14.6 Å². The van der Waals surface area contributed by atoms with Crippen molar-refractivity contribution in [3.05, 3.63) is 45.7 Å². The van der Waals surface area contributed by atoms with E-state index in [1.807, 2.05) is 45.0 Å². The summed E-state index contributed by atoms with van der Waals surface area (Å²) >= 11 is 12.6. The molecule has 0 saturated carbocycles. The first-order valence-electron chi connectivity index (χ1n) is 8.12. The number of halogens is 2. The molecule has 3 rings (SSSR count). The van der Waals surface area contributed by atoms with Crippen LogP contribution >= 0.6 is 23.2 Å². The zero-order chi connectivity index (χ0) is 19.0. The summed E-state index contributed by atoms with van der Waals surface area (Å²) in [4.78, 5) is 6.51. The molecule has 0 aliphatic rings. The second-order valence-corrected chi connectivity index (χ2v) is 6.77. The number of ether oxygens (including phenoxy) is 1. The van der Waals surface area contributed by atoms with E-state index in [4.69, 9.17) is 35.4 Å². The molecule has 0 bridgehead atoms. The average Bonchev–Trinajstić information content (AvgIpc) is 2.92. The number of hydrogen-bond acceptors (Lipinski definition) is 4. The molecule has 0 aliphatic heterocycles. The van der Waals surface area contributed by atoms with Gasteiger partial charge in [-0.15, -0.1) is 0 Å². The van der Waals surface area contributed by atoms with Crippen molar-refractivity contribution in [2.45, 2.75) is 13.8 Å². The Morgan fingerprint density at radius 1 is 1.31 bits per heavy atom. The number of nitrogens with zero attached hydrogens (tertiary/aromatic N) is 4. The van der Waals surface area contributed by atoms with Crippen molar-refractivity contribution in [3.63, 3.8) is 0 Å².